The molecular formula is C20H32N2O6Si. The summed E-state index contributed by atoms with van der Waals surface area (Å²) in [5.41, 5.74) is -0.535. The molecule has 1 aromatic heterocycles. The summed E-state index contributed by atoms with van der Waals surface area (Å²) in [7, 11) is -1.94. The number of aromatic nitrogens is 2. The number of esters is 1. The largest absolute Gasteiger partial charge is 0.460 e. The predicted octanol–water partition coefficient (Wildman–Crippen LogP) is 2.62. The zero-order chi connectivity index (χ0) is 21.4. The van der Waals surface area contributed by atoms with E-state index in [9.17, 15) is 14.4 Å². The molecule has 3 heterocycles. The summed E-state index contributed by atoms with van der Waals surface area (Å²) in [4.78, 5) is 37.8. The van der Waals surface area contributed by atoms with E-state index in [1.165, 1.54) is 30.5 Å². The molecular weight excluding hydrogens is 392 g/mol. The summed E-state index contributed by atoms with van der Waals surface area (Å²) in [6.07, 6.45) is 2.64. The molecule has 1 unspecified atom stereocenters. The van der Waals surface area contributed by atoms with Gasteiger partial charge in [-0.2, -0.15) is 0 Å². The SMILES string of the molecule is CC(=O)OC1C[C@@H](n2cc(C)c(=O)[nH]c2=O)O[C@H]1CO[Si]1(C(C)(C)C)CCCC1. The Morgan fingerprint density at radius 3 is 2.55 bits per heavy atom. The number of aromatic amines is 1. The molecule has 29 heavy (non-hydrogen) atoms. The third-order valence-electron chi connectivity index (χ3n) is 6.26. The molecule has 1 N–H and O–H groups in total. The van der Waals surface area contributed by atoms with Gasteiger partial charge in [0.2, 0.25) is 0 Å². The summed E-state index contributed by atoms with van der Waals surface area (Å²) < 4.78 is 19.5. The standard InChI is InChI=1S/C20H32N2O6Si/c1-13-11-22(19(25)21-18(13)24)17-10-15(27-14(2)23)16(28-17)12-26-29(20(3,4)5)8-6-7-9-29/h11,15-17H,6-10,12H2,1-5H3,(H,21,24,25)/t15?,16-,17-/m0/s1. The topological polar surface area (TPSA) is 99.6 Å². The molecule has 0 radical (unpaired) electrons. The summed E-state index contributed by atoms with van der Waals surface area (Å²) in [5.74, 6) is -0.391. The van der Waals surface area contributed by atoms with Crippen molar-refractivity contribution in [2.75, 3.05) is 6.61 Å². The van der Waals surface area contributed by atoms with Crippen LogP contribution in [0, 0.1) is 6.92 Å². The normalized spacial score (nSPS) is 26.6. The van der Waals surface area contributed by atoms with Gasteiger partial charge in [0.05, 0.1) is 6.61 Å². The van der Waals surface area contributed by atoms with Crippen LogP contribution >= 0.6 is 0 Å². The number of nitrogens with one attached hydrogen (secondary N) is 1. The first kappa shape index (κ1) is 22.0. The molecule has 3 rings (SSSR count). The summed E-state index contributed by atoms with van der Waals surface area (Å²) >= 11 is 0. The van der Waals surface area contributed by atoms with Crippen LogP contribution in [-0.4, -0.2) is 42.7 Å². The molecule has 0 bridgehead atoms. The Kier molecular flexibility index (Phi) is 6.21. The number of ether oxygens (including phenoxy) is 2. The fourth-order valence-corrected chi connectivity index (χ4v) is 9.05. The van der Waals surface area contributed by atoms with Gasteiger partial charge in [-0.3, -0.25) is 19.1 Å². The minimum atomic E-state index is -1.94. The van der Waals surface area contributed by atoms with Crippen molar-refractivity contribution in [3.63, 3.8) is 0 Å². The Hall–Kier alpha value is -1.71. The van der Waals surface area contributed by atoms with E-state index in [1.807, 2.05) is 0 Å². The minimum Gasteiger partial charge on any atom is -0.460 e. The Morgan fingerprint density at radius 1 is 1.31 bits per heavy atom. The zero-order valence-corrected chi connectivity index (χ0v) is 18.9. The monoisotopic (exact) mass is 424 g/mol. The number of rotatable bonds is 5. The second-order valence-corrected chi connectivity index (χ2v) is 14.0. The van der Waals surface area contributed by atoms with Crippen LogP contribution in [0.15, 0.2) is 15.8 Å². The second kappa shape index (κ2) is 8.20. The third kappa shape index (κ3) is 4.56. The average molecular weight is 425 g/mol. The third-order valence-corrected chi connectivity index (χ3v) is 12.0. The van der Waals surface area contributed by atoms with Crippen molar-refractivity contribution in [2.24, 2.45) is 0 Å². The van der Waals surface area contributed by atoms with Crippen molar-refractivity contribution >= 4 is 14.3 Å². The van der Waals surface area contributed by atoms with E-state index < -0.39 is 44.0 Å². The molecule has 9 heteroatoms. The number of hydrogen-bond donors (Lipinski definition) is 1. The molecule has 2 fully saturated rings. The van der Waals surface area contributed by atoms with Crippen molar-refractivity contribution in [1.29, 1.82) is 0 Å². The minimum absolute atomic E-state index is 0.116. The van der Waals surface area contributed by atoms with Gasteiger partial charge in [-0.25, -0.2) is 4.79 Å². The molecule has 2 aliphatic rings. The van der Waals surface area contributed by atoms with Crippen molar-refractivity contribution in [3.05, 3.63) is 32.6 Å². The lowest BCUT2D eigenvalue weighted by atomic mass is 10.2. The van der Waals surface area contributed by atoms with Gasteiger partial charge in [-0.15, -0.1) is 0 Å². The molecule has 2 saturated heterocycles. The van der Waals surface area contributed by atoms with Gasteiger partial charge in [0.25, 0.3) is 5.56 Å². The summed E-state index contributed by atoms with van der Waals surface area (Å²) in [6, 6.07) is 2.26. The van der Waals surface area contributed by atoms with Gasteiger partial charge in [0.15, 0.2) is 8.32 Å². The second-order valence-electron chi connectivity index (χ2n) is 9.25. The quantitative estimate of drug-likeness (QED) is 0.576. The maximum atomic E-state index is 12.3. The fourth-order valence-electron chi connectivity index (χ4n) is 4.46. The predicted molar refractivity (Wildman–Crippen MR) is 110 cm³/mol. The van der Waals surface area contributed by atoms with E-state index in [2.05, 4.69) is 25.8 Å². The Morgan fingerprint density at radius 2 is 1.97 bits per heavy atom. The van der Waals surface area contributed by atoms with Crippen LogP contribution in [0.5, 0.6) is 0 Å². The molecule has 8 nitrogen and oxygen atoms in total. The van der Waals surface area contributed by atoms with Crippen molar-refractivity contribution in [2.45, 2.75) is 89.4 Å². The van der Waals surface area contributed by atoms with Crippen LogP contribution < -0.4 is 11.2 Å². The Labute approximate surface area is 171 Å². The lowest BCUT2D eigenvalue weighted by Gasteiger charge is -2.40. The highest BCUT2D eigenvalue weighted by atomic mass is 28.4. The molecule has 162 valence electrons. The lowest BCUT2D eigenvalue weighted by molar-refractivity contribution is -0.150. The number of H-pyrrole nitrogens is 1. The van der Waals surface area contributed by atoms with Gasteiger partial charge < -0.3 is 13.9 Å². The molecule has 3 atom stereocenters. The Bertz CT molecular complexity index is 865. The summed E-state index contributed by atoms with van der Waals surface area (Å²) in [5, 5.41) is 0.116. The van der Waals surface area contributed by atoms with Crippen molar-refractivity contribution in [1.82, 2.24) is 9.55 Å². The van der Waals surface area contributed by atoms with Gasteiger partial charge in [0, 0.05) is 25.1 Å². The molecule has 0 spiro atoms. The number of carbonyl (C=O) groups is 1. The lowest BCUT2D eigenvalue weighted by Crippen LogP contribution is -2.47. The van der Waals surface area contributed by atoms with Crippen LogP contribution in [0.25, 0.3) is 0 Å². The van der Waals surface area contributed by atoms with E-state index in [0.717, 1.165) is 12.1 Å². The molecule has 0 aromatic carbocycles. The highest BCUT2D eigenvalue weighted by molar-refractivity contribution is 6.77. The number of nitrogens with zero attached hydrogens (tertiary/aromatic N) is 1. The zero-order valence-electron chi connectivity index (χ0n) is 17.9. The van der Waals surface area contributed by atoms with Crippen LogP contribution in [0.2, 0.25) is 17.1 Å². The van der Waals surface area contributed by atoms with E-state index in [4.69, 9.17) is 13.9 Å². The van der Waals surface area contributed by atoms with E-state index in [0.29, 0.717) is 18.6 Å². The molecule has 0 amide bonds. The van der Waals surface area contributed by atoms with Crippen LogP contribution in [0.4, 0.5) is 0 Å². The first-order valence-electron chi connectivity index (χ1n) is 10.3. The van der Waals surface area contributed by atoms with Gasteiger partial charge >= 0.3 is 11.7 Å². The van der Waals surface area contributed by atoms with Crippen molar-refractivity contribution in [3.8, 4) is 0 Å². The average Bonchev–Trinajstić information content (AvgIpc) is 3.23. The van der Waals surface area contributed by atoms with Gasteiger partial charge in [-0.05, 0) is 24.1 Å². The fraction of sp³-hybridized carbons (Fsp3) is 0.750. The number of hydrogen-bond acceptors (Lipinski definition) is 6. The maximum absolute atomic E-state index is 12.3. The number of carbonyl (C=O) groups excluding carboxylic acids is 1. The van der Waals surface area contributed by atoms with Gasteiger partial charge in [-0.1, -0.05) is 33.6 Å². The first-order chi connectivity index (χ1) is 13.5. The smallest absolute Gasteiger partial charge is 0.330 e. The molecule has 1 aromatic rings. The van der Waals surface area contributed by atoms with E-state index in [1.54, 1.807) is 6.92 Å². The molecule has 0 saturated carbocycles. The highest BCUT2D eigenvalue weighted by Crippen LogP contribution is 2.48. The van der Waals surface area contributed by atoms with Crippen LogP contribution in [0.1, 0.15) is 58.7 Å². The number of aryl methyl sites for hydroxylation is 1. The molecule has 2 aliphatic heterocycles. The van der Waals surface area contributed by atoms with E-state index >= 15 is 0 Å². The van der Waals surface area contributed by atoms with Crippen LogP contribution in [0.3, 0.4) is 0 Å². The van der Waals surface area contributed by atoms with Gasteiger partial charge in [0.1, 0.15) is 18.4 Å². The summed E-state index contributed by atoms with van der Waals surface area (Å²) in [6.45, 7) is 10.1. The highest BCUT2D eigenvalue weighted by Gasteiger charge is 2.50. The maximum Gasteiger partial charge on any atom is 0.330 e. The van der Waals surface area contributed by atoms with Crippen LogP contribution in [-0.2, 0) is 18.7 Å². The molecule has 0 aliphatic carbocycles. The first-order valence-corrected chi connectivity index (χ1v) is 12.6. The Balaban J connectivity index is 1.80. The van der Waals surface area contributed by atoms with E-state index in [-0.39, 0.29) is 5.04 Å². The van der Waals surface area contributed by atoms with Crippen molar-refractivity contribution < 1.29 is 18.7 Å².